The van der Waals surface area contributed by atoms with Crippen molar-refractivity contribution in [1.29, 1.82) is 0 Å². The molecular weight excluding hydrogens is 342 g/mol. The number of guanidine groups is 1. The molecule has 0 radical (unpaired) electrons. The Labute approximate surface area is 158 Å². The highest BCUT2D eigenvalue weighted by atomic mass is 32.1. The van der Waals surface area contributed by atoms with Gasteiger partial charge < -0.3 is 10.6 Å². The number of aliphatic imine (C=N–C) groups is 1. The van der Waals surface area contributed by atoms with Gasteiger partial charge in [0.05, 0.1) is 19.3 Å². The molecule has 2 aromatic heterocycles. The van der Waals surface area contributed by atoms with Crippen LogP contribution in [-0.2, 0) is 19.5 Å². The first-order valence-corrected chi connectivity index (χ1v) is 9.81. The lowest BCUT2D eigenvalue weighted by Gasteiger charge is -2.10. The van der Waals surface area contributed by atoms with Crippen molar-refractivity contribution in [3.05, 3.63) is 76.2 Å². The molecule has 0 aliphatic heterocycles. The smallest absolute Gasteiger partial charge is 0.191 e. The first kappa shape index (κ1) is 18.2. The van der Waals surface area contributed by atoms with Gasteiger partial charge in [-0.25, -0.2) is 4.99 Å². The molecule has 26 heavy (non-hydrogen) atoms. The van der Waals surface area contributed by atoms with E-state index >= 15 is 0 Å². The molecular formula is C20H25N5S. The molecule has 0 saturated carbocycles. The molecule has 3 aromatic rings. The van der Waals surface area contributed by atoms with E-state index in [0.29, 0.717) is 6.54 Å². The Morgan fingerprint density at radius 2 is 2.00 bits per heavy atom. The Hall–Kier alpha value is -2.60. The quantitative estimate of drug-likeness (QED) is 0.474. The Morgan fingerprint density at radius 3 is 2.77 bits per heavy atom. The van der Waals surface area contributed by atoms with E-state index in [1.54, 1.807) is 11.3 Å². The summed E-state index contributed by atoms with van der Waals surface area (Å²) in [5.41, 5.74) is 2.35. The topological polar surface area (TPSA) is 54.2 Å². The van der Waals surface area contributed by atoms with E-state index in [2.05, 4.69) is 75.6 Å². The van der Waals surface area contributed by atoms with Crippen molar-refractivity contribution >= 4 is 17.3 Å². The van der Waals surface area contributed by atoms with E-state index < -0.39 is 0 Å². The third kappa shape index (κ3) is 5.74. The van der Waals surface area contributed by atoms with E-state index in [4.69, 9.17) is 0 Å². The van der Waals surface area contributed by atoms with E-state index in [-0.39, 0.29) is 0 Å². The van der Waals surface area contributed by atoms with Crippen molar-refractivity contribution in [3.63, 3.8) is 0 Å². The number of aromatic nitrogens is 2. The van der Waals surface area contributed by atoms with Crippen molar-refractivity contribution < 1.29 is 0 Å². The van der Waals surface area contributed by atoms with Crippen LogP contribution in [0.25, 0.3) is 0 Å². The first-order valence-electron chi connectivity index (χ1n) is 8.93. The Bertz CT molecular complexity index is 793. The van der Waals surface area contributed by atoms with Crippen LogP contribution < -0.4 is 10.6 Å². The van der Waals surface area contributed by atoms with E-state index in [1.807, 2.05) is 16.9 Å². The Kier molecular flexibility index (Phi) is 6.84. The SMILES string of the molecule is CCNC(=NCc1cnn(Cc2ccccc2)c1)NCCc1cccs1. The second-order valence-corrected chi connectivity index (χ2v) is 7.02. The monoisotopic (exact) mass is 367 g/mol. The van der Waals surface area contributed by atoms with Crippen molar-refractivity contribution in [2.75, 3.05) is 13.1 Å². The maximum absolute atomic E-state index is 4.67. The molecule has 0 fully saturated rings. The zero-order chi connectivity index (χ0) is 18.0. The van der Waals surface area contributed by atoms with Crippen molar-refractivity contribution in [3.8, 4) is 0 Å². The van der Waals surface area contributed by atoms with Crippen LogP contribution in [0.15, 0.2) is 65.2 Å². The third-order valence-corrected chi connectivity index (χ3v) is 4.82. The van der Waals surface area contributed by atoms with Crippen LogP contribution in [0.2, 0.25) is 0 Å². The third-order valence-electron chi connectivity index (χ3n) is 3.88. The molecule has 2 N–H and O–H groups in total. The van der Waals surface area contributed by atoms with Crippen LogP contribution >= 0.6 is 11.3 Å². The summed E-state index contributed by atoms with van der Waals surface area (Å²) in [6.45, 7) is 5.19. The second-order valence-electron chi connectivity index (χ2n) is 5.98. The van der Waals surface area contributed by atoms with E-state index in [9.17, 15) is 0 Å². The predicted octanol–water partition coefficient (Wildman–Crippen LogP) is 3.29. The molecule has 0 unspecified atom stereocenters. The summed E-state index contributed by atoms with van der Waals surface area (Å²) in [5.74, 6) is 0.847. The average Bonchev–Trinajstić information content (AvgIpc) is 3.33. The van der Waals surface area contributed by atoms with Gasteiger partial charge in [0.15, 0.2) is 5.96 Å². The van der Waals surface area contributed by atoms with Gasteiger partial charge in [-0.05, 0) is 30.4 Å². The molecule has 0 atom stereocenters. The van der Waals surface area contributed by atoms with Gasteiger partial charge in [-0.1, -0.05) is 36.4 Å². The van der Waals surface area contributed by atoms with Crippen LogP contribution in [0, 0.1) is 0 Å². The van der Waals surface area contributed by atoms with Gasteiger partial charge >= 0.3 is 0 Å². The maximum atomic E-state index is 4.67. The molecule has 136 valence electrons. The lowest BCUT2D eigenvalue weighted by atomic mass is 10.2. The molecule has 6 heteroatoms. The van der Waals surface area contributed by atoms with Gasteiger partial charge in [-0.3, -0.25) is 4.68 Å². The fourth-order valence-electron chi connectivity index (χ4n) is 2.62. The molecule has 5 nitrogen and oxygen atoms in total. The zero-order valence-corrected chi connectivity index (χ0v) is 15.9. The van der Waals surface area contributed by atoms with Crippen LogP contribution in [-0.4, -0.2) is 28.8 Å². The van der Waals surface area contributed by atoms with Gasteiger partial charge in [-0.2, -0.15) is 5.10 Å². The molecule has 0 aliphatic carbocycles. The number of hydrogen-bond acceptors (Lipinski definition) is 3. The molecule has 0 spiro atoms. The molecule has 0 aliphatic rings. The summed E-state index contributed by atoms with van der Waals surface area (Å²) < 4.78 is 1.96. The zero-order valence-electron chi connectivity index (χ0n) is 15.1. The highest BCUT2D eigenvalue weighted by molar-refractivity contribution is 7.09. The summed E-state index contributed by atoms with van der Waals surface area (Å²) >= 11 is 1.79. The van der Waals surface area contributed by atoms with Gasteiger partial charge in [0.2, 0.25) is 0 Å². The number of thiophene rings is 1. The molecule has 0 saturated heterocycles. The van der Waals surface area contributed by atoms with Gasteiger partial charge in [0.25, 0.3) is 0 Å². The van der Waals surface area contributed by atoms with E-state index in [1.165, 1.54) is 10.4 Å². The number of hydrogen-bond donors (Lipinski definition) is 2. The summed E-state index contributed by atoms with van der Waals surface area (Å²) in [6, 6.07) is 14.6. The lowest BCUT2D eigenvalue weighted by Crippen LogP contribution is -2.38. The Balaban J connectivity index is 1.52. The first-order chi connectivity index (χ1) is 12.8. The van der Waals surface area contributed by atoms with Gasteiger partial charge in [-0.15, -0.1) is 11.3 Å². The molecule has 1 aromatic carbocycles. The predicted molar refractivity (Wildman–Crippen MR) is 109 cm³/mol. The van der Waals surface area contributed by atoms with Crippen LogP contribution in [0.3, 0.4) is 0 Å². The van der Waals surface area contributed by atoms with Crippen LogP contribution in [0.4, 0.5) is 0 Å². The molecule has 3 rings (SSSR count). The van der Waals surface area contributed by atoms with Crippen LogP contribution in [0.1, 0.15) is 22.9 Å². The fourth-order valence-corrected chi connectivity index (χ4v) is 3.32. The number of nitrogens with one attached hydrogen (secondary N) is 2. The minimum atomic E-state index is 0.614. The number of benzene rings is 1. The minimum Gasteiger partial charge on any atom is -0.357 e. The van der Waals surface area contributed by atoms with Crippen LogP contribution in [0.5, 0.6) is 0 Å². The van der Waals surface area contributed by atoms with Crippen molar-refractivity contribution in [1.82, 2.24) is 20.4 Å². The molecule has 0 bridgehead atoms. The summed E-state index contributed by atoms with van der Waals surface area (Å²) in [5, 5.41) is 13.2. The second kappa shape index (κ2) is 9.77. The lowest BCUT2D eigenvalue weighted by molar-refractivity contribution is 0.686. The average molecular weight is 368 g/mol. The fraction of sp³-hybridized carbons (Fsp3) is 0.300. The van der Waals surface area contributed by atoms with Crippen molar-refractivity contribution in [2.24, 2.45) is 4.99 Å². The molecule has 0 amide bonds. The number of rotatable bonds is 8. The molecule has 2 heterocycles. The normalized spacial score (nSPS) is 11.5. The highest BCUT2D eigenvalue weighted by Crippen LogP contribution is 2.08. The standard InChI is InChI=1S/C20H25N5S/c1-2-21-20(22-11-10-19-9-6-12-26-19)23-13-18-14-24-25(16-18)15-17-7-4-3-5-8-17/h3-9,12,14,16H,2,10-11,13,15H2,1H3,(H2,21,22,23). The van der Waals surface area contributed by atoms with E-state index in [0.717, 1.165) is 37.6 Å². The summed E-state index contributed by atoms with van der Waals surface area (Å²) in [7, 11) is 0. The summed E-state index contributed by atoms with van der Waals surface area (Å²) in [6.07, 6.45) is 4.96. The van der Waals surface area contributed by atoms with Gasteiger partial charge in [0, 0.05) is 29.7 Å². The minimum absolute atomic E-state index is 0.614. The highest BCUT2D eigenvalue weighted by Gasteiger charge is 2.02. The van der Waals surface area contributed by atoms with Crippen molar-refractivity contribution in [2.45, 2.75) is 26.4 Å². The Morgan fingerprint density at radius 1 is 1.12 bits per heavy atom. The maximum Gasteiger partial charge on any atom is 0.191 e. The largest absolute Gasteiger partial charge is 0.357 e. The van der Waals surface area contributed by atoms with Gasteiger partial charge in [0.1, 0.15) is 0 Å². The summed E-state index contributed by atoms with van der Waals surface area (Å²) in [4.78, 5) is 6.05. The number of nitrogens with zero attached hydrogens (tertiary/aromatic N) is 3.